The van der Waals surface area contributed by atoms with Crippen molar-refractivity contribution in [3.05, 3.63) is 46.3 Å². The third kappa shape index (κ3) is 3.72. The highest BCUT2D eigenvalue weighted by Crippen LogP contribution is 2.36. The van der Waals surface area contributed by atoms with Crippen LogP contribution in [-0.2, 0) is 0 Å². The average molecular weight is 261 g/mol. The number of ether oxygens (including phenoxy) is 1. The Balaban J connectivity index is 3.12. The maximum atomic E-state index is 9.95. The van der Waals surface area contributed by atoms with Crippen molar-refractivity contribution in [3.63, 3.8) is 0 Å². The fourth-order valence-corrected chi connectivity index (χ4v) is 2.09. The first kappa shape index (κ1) is 15.0. The second-order valence-electron chi connectivity index (χ2n) is 4.93. The van der Waals surface area contributed by atoms with Crippen LogP contribution >= 0.6 is 0 Å². The minimum atomic E-state index is 0.104. The zero-order valence-electron chi connectivity index (χ0n) is 11.9. The van der Waals surface area contributed by atoms with Crippen LogP contribution in [-0.4, -0.2) is 12.2 Å². The lowest BCUT2D eigenvalue weighted by Crippen LogP contribution is -2.10. The van der Waals surface area contributed by atoms with Crippen molar-refractivity contribution in [3.8, 4) is 5.75 Å². The highest BCUT2D eigenvalue weighted by molar-refractivity contribution is 5.37. The van der Waals surface area contributed by atoms with E-state index in [9.17, 15) is 5.11 Å². The van der Waals surface area contributed by atoms with E-state index in [1.807, 2.05) is 24.3 Å². The van der Waals surface area contributed by atoms with Crippen molar-refractivity contribution >= 4 is 0 Å². The van der Waals surface area contributed by atoms with E-state index in [-0.39, 0.29) is 17.4 Å². The summed E-state index contributed by atoms with van der Waals surface area (Å²) in [6, 6.07) is 7.79. The minimum Gasteiger partial charge on any atom is -0.505 e. The maximum Gasteiger partial charge on any atom is 0.395 e. The van der Waals surface area contributed by atoms with Gasteiger partial charge in [0, 0.05) is 13.3 Å². The first-order valence-corrected chi connectivity index (χ1v) is 6.38. The molecule has 1 rings (SSSR count). The standard InChI is InChI=1S/C15H20N2O2/c1-10(2)13(9-14(18)11(3)17-16)12-7-5-6-8-15(12)19-4/h5-8,10,13H,9H2,1-4H3/p+1/b14-11+. The molecule has 4 heteroatoms. The summed E-state index contributed by atoms with van der Waals surface area (Å²) in [6.07, 6.45) is 0.425. The maximum absolute atomic E-state index is 9.95. The Labute approximate surface area is 114 Å². The van der Waals surface area contributed by atoms with Gasteiger partial charge in [-0.1, -0.05) is 32.0 Å². The summed E-state index contributed by atoms with van der Waals surface area (Å²) in [6.45, 7) is 5.76. The van der Waals surface area contributed by atoms with Crippen molar-refractivity contribution in [2.24, 2.45) is 5.92 Å². The first-order valence-electron chi connectivity index (χ1n) is 6.38. The van der Waals surface area contributed by atoms with Gasteiger partial charge in [0.2, 0.25) is 5.39 Å². The highest BCUT2D eigenvalue weighted by atomic mass is 16.5. The monoisotopic (exact) mass is 261 g/mol. The van der Waals surface area contributed by atoms with Crippen LogP contribution < -0.4 is 4.74 Å². The molecular weight excluding hydrogens is 240 g/mol. The molecule has 1 aromatic rings. The van der Waals surface area contributed by atoms with E-state index < -0.39 is 0 Å². The highest BCUT2D eigenvalue weighted by Gasteiger charge is 2.24. The number of rotatable bonds is 5. The molecule has 19 heavy (non-hydrogen) atoms. The number of nitrogens with zero attached hydrogens (tertiary/aromatic N) is 2. The summed E-state index contributed by atoms with van der Waals surface area (Å²) in [5, 5.41) is 18.7. The van der Waals surface area contributed by atoms with Gasteiger partial charge in [0.25, 0.3) is 0 Å². The Morgan fingerprint density at radius 2 is 2.00 bits per heavy atom. The molecule has 0 aliphatic heterocycles. The summed E-state index contributed by atoms with van der Waals surface area (Å²) >= 11 is 0. The van der Waals surface area contributed by atoms with Crippen LogP contribution in [0.3, 0.4) is 0 Å². The average Bonchev–Trinajstić information content (AvgIpc) is 2.43. The van der Waals surface area contributed by atoms with Crippen LogP contribution in [0.2, 0.25) is 0 Å². The number of hydrogen-bond donors (Lipinski definition) is 1. The van der Waals surface area contributed by atoms with Crippen LogP contribution in [0.1, 0.15) is 38.7 Å². The van der Waals surface area contributed by atoms with Crippen LogP contribution in [0.4, 0.5) is 0 Å². The van der Waals surface area contributed by atoms with Crippen molar-refractivity contribution in [1.29, 1.82) is 5.39 Å². The Morgan fingerprint density at radius 3 is 2.53 bits per heavy atom. The van der Waals surface area contributed by atoms with Gasteiger partial charge in [0.1, 0.15) is 5.75 Å². The van der Waals surface area contributed by atoms with Gasteiger partial charge >= 0.3 is 5.70 Å². The van der Waals surface area contributed by atoms with E-state index in [4.69, 9.17) is 10.1 Å². The number of allylic oxidation sites excluding steroid dienone is 2. The number of aliphatic hydroxyl groups is 1. The Kier molecular flexibility index (Phi) is 5.37. The van der Waals surface area contributed by atoms with Gasteiger partial charge in [-0.25, -0.2) is 0 Å². The van der Waals surface area contributed by atoms with Gasteiger partial charge in [-0.05, 0) is 23.5 Å². The molecule has 0 amide bonds. The van der Waals surface area contributed by atoms with Gasteiger partial charge in [-0.2, -0.15) is 0 Å². The van der Waals surface area contributed by atoms with Crippen LogP contribution in [0, 0.1) is 11.3 Å². The molecular formula is C15H21N2O2+. The zero-order chi connectivity index (χ0) is 14.4. The molecule has 102 valence electrons. The fraction of sp³-hybridized carbons (Fsp3) is 0.467. The van der Waals surface area contributed by atoms with E-state index in [2.05, 4.69) is 18.8 Å². The number of para-hydroxylation sites is 1. The largest absolute Gasteiger partial charge is 0.505 e. The van der Waals surface area contributed by atoms with Gasteiger partial charge in [0.15, 0.2) is 10.7 Å². The normalized spacial score (nSPS) is 13.7. The molecule has 4 nitrogen and oxygen atoms in total. The molecule has 0 fully saturated rings. The molecule has 0 heterocycles. The number of hydrogen-bond acceptors (Lipinski definition) is 3. The Hall–Kier alpha value is -2.02. The Morgan fingerprint density at radius 1 is 1.37 bits per heavy atom. The summed E-state index contributed by atoms with van der Waals surface area (Å²) in [4.78, 5) is 3.04. The first-order chi connectivity index (χ1) is 9.01. The molecule has 0 radical (unpaired) electrons. The van der Waals surface area contributed by atoms with Crippen LogP contribution in [0.5, 0.6) is 5.75 Å². The smallest absolute Gasteiger partial charge is 0.395 e. The van der Waals surface area contributed by atoms with E-state index in [1.54, 1.807) is 14.0 Å². The molecule has 0 saturated carbocycles. The predicted octanol–water partition coefficient (Wildman–Crippen LogP) is 4.47. The molecule has 0 bridgehead atoms. The topological polar surface area (TPSA) is 57.6 Å². The minimum absolute atomic E-state index is 0.104. The molecule has 1 aromatic carbocycles. The third-order valence-corrected chi connectivity index (χ3v) is 3.32. The molecule has 0 spiro atoms. The molecule has 0 aliphatic rings. The van der Waals surface area contributed by atoms with E-state index in [1.165, 1.54) is 0 Å². The Bertz CT molecular complexity index is 501. The second kappa shape index (κ2) is 6.79. The summed E-state index contributed by atoms with van der Waals surface area (Å²) in [7, 11) is 1.64. The van der Waals surface area contributed by atoms with E-state index >= 15 is 0 Å². The summed E-state index contributed by atoms with van der Waals surface area (Å²) in [5.41, 5.74) is 1.30. The fourth-order valence-electron chi connectivity index (χ4n) is 2.09. The quantitative estimate of drug-likeness (QED) is 0.628. The van der Waals surface area contributed by atoms with Crippen LogP contribution in [0.25, 0.3) is 4.98 Å². The lowest BCUT2D eigenvalue weighted by atomic mass is 9.84. The molecule has 1 unspecified atom stereocenters. The molecule has 1 atom stereocenters. The lowest BCUT2D eigenvalue weighted by Gasteiger charge is -2.22. The predicted molar refractivity (Wildman–Crippen MR) is 75.6 cm³/mol. The van der Waals surface area contributed by atoms with Gasteiger partial charge in [-0.15, -0.1) is 0 Å². The van der Waals surface area contributed by atoms with E-state index in [0.717, 1.165) is 11.3 Å². The number of aliphatic hydroxyl groups excluding tert-OH is 1. The van der Waals surface area contributed by atoms with Crippen molar-refractivity contribution in [2.45, 2.75) is 33.1 Å². The molecule has 0 saturated heterocycles. The van der Waals surface area contributed by atoms with Crippen molar-refractivity contribution in [2.75, 3.05) is 7.11 Å². The molecule has 1 N–H and O–H groups in total. The molecule has 0 aromatic heterocycles. The number of methoxy groups -OCH3 is 1. The van der Waals surface area contributed by atoms with Crippen LogP contribution in [0.15, 0.2) is 35.7 Å². The van der Waals surface area contributed by atoms with Gasteiger partial charge in [-0.3, -0.25) is 0 Å². The summed E-state index contributed by atoms with van der Waals surface area (Å²) in [5.74, 6) is 1.34. The third-order valence-electron chi connectivity index (χ3n) is 3.32. The molecule has 0 aliphatic carbocycles. The van der Waals surface area contributed by atoms with Gasteiger partial charge in [0.05, 0.1) is 7.11 Å². The van der Waals surface area contributed by atoms with E-state index in [0.29, 0.717) is 12.3 Å². The lowest BCUT2D eigenvalue weighted by molar-refractivity contribution is 0.338. The van der Waals surface area contributed by atoms with Crippen molar-refractivity contribution < 1.29 is 9.84 Å². The SMILES string of the molecule is COc1ccccc1C(C/C(O)=C(/C)[N+]#N)C(C)C. The van der Waals surface area contributed by atoms with Crippen molar-refractivity contribution in [1.82, 2.24) is 0 Å². The number of diazo groups is 1. The second-order valence-corrected chi connectivity index (χ2v) is 4.93. The van der Waals surface area contributed by atoms with Gasteiger partial charge < -0.3 is 9.84 Å². The zero-order valence-corrected chi connectivity index (χ0v) is 11.9. The number of benzene rings is 1. The summed E-state index contributed by atoms with van der Waals surface area (Å²) < 4.78 is 5.37.